The molecule has 160 valence electrons. The van der Waals surface area contributed by atoms with Gasteiger partial charge in [-0.25, -0.2) is 9.59 Å². The van der Waals surface area contributed by atoms with Crippen LogP contribution in [0.2, 0.25) is 0 Å². The molecule has 0 radical (unpaired) electrons. The topological polar surface area (TPSA) is 99.1 Å². The summed E-state index contributed by atoms with van der Waals surface area (Å²) in [6.07, 6.45) is 4.70. The average molecular weight is 469 g/mol. The van der Waals surface area contributed by atoms with E-state index in [9.17, 15) is 9.59 Å². The van der Waals surface area contributed by atoms with Crippen molar-refractivity contribution in [2.75, 3.05) is 44.8 Å². The first kappa shape index (κ1) is 23.4. The molecule has 3 N–H and O–H groups in total. The molecule has 1 aromatic rings. The zero-order valence-corrected chi connectivity index (χ0v) is 18.5. The minimum absolute atomic E-state index is 0.558. The number of nitrogens with zero attached hydrogens (tertiary/aromatic N) is 1. The van der Waals surface area contributed by atoms with E-state index in [1.807, 2.05) is 0 Å². The fourth-order valence-corrected chi connectivity index (χ4v) is 4.97. The van der Waals surface area contributed by atoms with Gasteiger partial charge in [0, 0.05) is 43.4 Å². The van der Waals surface area contributed by atoms with Crippen LogP contribution in [-0.4, -0.2) is 62.0 Å². The Hall–Kier alpha value is -1.90. The van der Waals surface area contributed by atoms with E-state index in [0.29, 0.717) is 18.1 Å². The predicted octanol–water partition coefficient (Wildman–Crippen LogP) is 2.81. The smallest absolute Gasteiger partial charge is 0.328 e. The fourth-order valence-electron chi connectivity index (χ4n) is 3.82. The third kappa shape index (κ3) is 6.55. The number of hydrogen-bond acceptors (Lipinski definition) is 5. The highest BCUT2D eigenvalue weighted by molar-refractivity contribution is 9.10. The maximum atomic E-state index is 9.55. The Morgan fingerprint density at radius 1 is 1.28 bits per heavy atom. The molecule has 2 heterocycles. The summed E-state index contributed by atoms with van der Waals surface area (Å²) >= 11 is 3.95. The van der Waals surface area contributed by atoms with Gasteiger partial charge in [-0.1, -0.05) is 13.0 Å². The SMILES string of the molecule is COCCN1CCCc2cc3c(c(Br)c21)C(C)CNCC3.O=C(O)C=CC(=O)O. The van der Waals surface area contributed by atoms with Crippen molar-refractivity contribution in [3.05, 3.63) is 39.4 Å². The van der Waals surface area contributed by atoms with Crippen molar-refractivity contribution >= 4 is 33.6 Å². The second kappa shape index (κ2) is 11.3. The van der Waals surface area contributed by atoms with Gasteiger partial charge in [-0.05, 0) is 64.3 Å². The molecule has 0 aliphatic carbocycles. The van der Waals surface area contributed by atoms with E-state index >= 15 is 0 Å². The van der Waals surface area contributed by atoms with Gasteiger partial charge in [0.25, 0.3) is 0 Å². The number of rotatable bonds is 5. The number of methoxy groups -OCH3 is 1. The predicted molar refractivity (Wildman–Crippen MR) is 116 cm³/mol. The number of ether oxygens (including phenoxy) is 1. The maximum absolute atomic E-state index is 9.55. The number of nitrogens with one attached hydrogen (secondary N) is 1. The van der Waals surface area contributed by atoms with E-state index in [1.54, 1.807) is 7.11 Å². The van der Waals surface area contributed by atoms with Crippen molar-refractivity contribution in [2.45, 2.75) is 32.1 Å². The highest BCUT2D eigenvalue weighted by Crippen LogP contribution is 2.42. The molecule has 2 aliphatic heterocycles. The summed E-state index contributed by atoms with van der Waals surface area (Å²) in [5.74, 6) is -1.95. The van der Waals surface area contributed by atoms with Crippen LogP contribution in [0.3, 0.4) is 0 Å². The fraction of sp³-hybridized carbons (Fsp3) is 0.524. The number of hydrogen-bond donors (Lipinski definition) is 3. The van der Waals surface area contributed by atoms with E-state index in [1.165, 1.54) is 39.7 Å². The molecule has 0 spiro atoms. The van der Waals surface area contributed by atoms with Gasteiger partial charge in [0.2, 0.25) is 0 Å². The lowest BCUT2D eigenvalue weighted by molar-refractivity contribution is -0.134. The minimum Gasteiger partial charge on any atom is -0.478 e. The molecule has 0 bridgehead atoms. The summed E-state index contributed by atoms with van der Waals surface area (Å²) < 4.78 is 6.62. The van der Waals surface area contributed by atoms with Crippen molar-refractivity contribution < 1.29 is 24.5 Å². The highest BCUT2D eigenvalue weighted by atomic mass is 79.9. The van der Waals surface area contributed by atoms with Crippen LogP contribution in [0.5, 0.6) is 0 Å². The molecule has 7 nitrogen and oxygen atoms in total. The zero-order chi connectivity index (χ0) is 21.4. The lowest BCUT2D eigenvalue weighted by Gasteiger charge is -2.34. The minimum atomic E-state index is -1.26. The van der Waals surface area contributed by atoms with Crippen LogP contribution in [0.4, 0.5) is 5.69 Å². The van der Waals surface area contributed by atoms with Gasteiger partial charge in [0.1, 0.15) is 0 Å². The van der Waals surface area contributed by atoms with Gasteiger partial charge >= 0.3 is 11.9 Å². The molecule has 1 aromatic carbocycles. The van der Waals surface area contributed by atoms with Crippen molar-refractivity contribution in [3.63, 3.8) is 0 Å². The zero-order valence-electron chi connectivity index (χ0n) is 16.9. The second-order valence-corrected chi connectivity index (χ2v) is 8.01. The summed E-state index contributed by atoms with van der Waals surface area (Å²) in [6, 6.07) is 2.47. The van der Waals surface area contributed by atoms with Crippen LogP contribution in [0.25, 0.3) is 0 Å². The Balaban J connectivity index is 0.000000321. The monoisotopic (exact) mass is 468 g/mol. The number of aliphatic carboxylic acids is 2. The largest absolute Gasteiger partial charge is 0.478 e. The van der Waals surface area contributed by atoms with Crippen molar-refractivity contribution in [3.8, 4) is 0 Å². The molecule has 0 saturated carbocycles. The van der Waals surface area contributed by atoms with E-state index in [2.05, 4.69) is 39.1 Å². The van der Waals surface area contributed by atoms with E-state index in [4.69, 9.17) is 14.9 Å². The standard InChI is InChI=1S/C17H25BrN2O.C4H4O4/c1-12-11-19-6-5-13-10-14-4-3-7-20(8-9-21-2)17(14)16(18)15(12)13;5-3(6)1-2-4(7)8/h10,12,19H,3-9,11H2,1-2H3;1-2H,(H,5,6)(H,7,8). The van der Waals surface area contributed by atoms with E-state index < -0.39 is 11.9 Å². The van der Waals surface area contributed by atoms with Crippen LogP contribution < -0.4 is 10.2 Å². The van der Waals surface area contributed by atoms with Crippen LogP contribution >= 0.6 is 15.9 Å². The van der Waals surface area contributed by atoms with Crippen molar-refractivity contribution in [1.29, 1.82) is 0 Å². The highest BCUT2D eigenvalue weighted by Gasteiger charge is 2.26. The quantitative estimate of drug-likeness (QED) is 0.571. The molecular formula is C21H29BrN2O5. The normalized spacial score (nSPS) is 18.3. The second-order valence-electron chi connectivity index (χ2n) is 7.22. The lowest BCUT2D eigenvalue weighted by Crippen LogP contribution is -2.33. The summed E-state index contributed by atoms with van der Waals surface area (Å²) in [4.78, 5) is 21.6. The number of carbonyl (C=O) groups is 2. The van der Waals surface area contributed by atoms with Gasteiger partial charge in [-0.2, -0.15) is 0 Å². The average Bonchev–Trinajstić information content (AvgIpc) is 2.86. The number of carboxylic acids is 2. The van der Waals surface area contributed by atoms with Crippen LogP contribution in [0.15, 0.2) is 22.7 Å². The van der Waals surface area contributed by atoms with Crippen LogP contribution in [-0.2, 0) is 27.2 Å². The molecule has 0 fully saturated rings. The Bertz CT molecular complexity index is 750. The first-order chi connectivity index (χ1) is 13.8. The summed E-state index contributed by atoms with van der Waals surface area (Å²) in [5, 5.41) is 19.2. The molecule has 0 aromatic heterocycles. The number of carboxylic acid groups (broad SMARTS) is 2. The summed E-state index contributed by atoms with van der Waals surface area (Å²) in [6.45, 7) is 7.41. The Morgan fingerprint density at radius 2 is 1.97 bits per heavy atom. The first-order valence-corrected chi connectivity index (χ1v) is 10.6. The van der Waals surface area contributed by atoms with Gasteiger partial charge in [0.15, 0.2) is 0 Å². The van der Waals surface area contributed by atoms with Gasteiger partial charge in [-0.3, -0.25) is 0 Å². The van der Waals surface area contributed by atoms with Crippen LogP contribution in [0, 0.1) is 0 Å². The number of fused-ring (bicyclic) bond motifs is 2. The lowest BCUT2D eigenvalue weighted by atomic mass is 9.89. The third-order valence-corrected chi connectivity index (χ3v) is 5.88. The molecule has 3 rings (SSSR count). The third-order valence-electron chi connectivity index (χ3n) is 5.08. The Morgan fingerprint density at radius 3 is 2.59 bits per heavy atom. The number of anilines is 1. The Labute approximate surface area is 179 Å². The first-order valence-electron chi connectivity index (χ1n) is 9.77. The van der Waals surface area contributed by atoms with Crippen LogP contribution in [0.1, 0.15) is 36.0 Å². The molecule has 0 saturated heterocycles. The summed E-state index contributed by atoms with van der Waals surface area (Å²) in [5.41, 5.74) is 5.98. The molecule has 1 unspecified atom stereocenters. The molecular weight excluding hydrogens is 440 g/mol. The van der Waals surface area contributed by atoms with Gasteiger partial charge in [0.05, 0.1) is 12.3 Å². The van der Waals surface area contributed by atoms with Crippen molar-refractivity contribution in [1.82, 2.24) is 5.32 Å². The number of halogens is 1. The molecule has 1 atom stereocenters. The molecule has 2 aliphatic rings. The Kier molecular flexibility index (Phi) is 9.13. The maximum Gasteiger partial charge on any atom is 0.328 e. The van der Waals surface area contributed by atoms with E-state index in [0.717, 1.165) is 39.2 Å². The molecule has 8 heteroatoms. The van der Waals surface area contributed by atoms with E-state index in [-0.39, 0.29) is 0 Å². The van der Waals surface area contributed by atoms with Crippen molar-refractivity contribution in [2.24, 2.45) is 0 Å². The molecule has 29 heavy (non-hydrogen) atoms. The number of benzene rings is 1. The van der Waals surface area contributed by atoms with Gasteiger partial charge < -0.3 is 25.2 Å². The number of aryl methyl sites for hydroxylation is 1. The van der Waals surface area contributed by atoms with Gasteiger partial charge in [-0.15, -0.1) is 0 Å². The molecule has 0 amide bonds. The summed E-state index contributed by atoms with van der Waals surface area (Å²) in [7, 11) is 1.78.